The summed E-state index contributed by atoms with van der Waals surface area (Å²) in [5.74, 6) is -0.0370. The normalized spacial score (nSPS) is 19.1. The molecule has 2 rings (SSSR count). The van der Waals surface area contributed by atoms with Gasteiger partial charge in [0.2, 0.25) is 0 Å². The molecule has 1 heterocycles. The van der Waals surface area contributed by atoms with Gasteiger partial charge in [0, 0.05) is 7.05 Å². The maximum absolute atomic E-state index is 11.1. The number of fused-ring (bicyclic) bond motifs is 1. The van der Waals surface area contributed by atoms with E-state index in [0.717, 1.165) is 23.4 Å². The Hall–Kier alpha value is -1.71. The number of benzene rings is 1. The second kappa shape index (κ2) is 4.04. The van der Waals surface area contributed by atoms with Crippen molar-refractivity contribution in [3.63, 3.8) is 0 Å². The monoisotopic (exact) mass is 221 g/mol. The van der Waals surface area contributed by atoms with Crippen LogP contribution in [0, 0.1) is 0 Å². The van der Waals surface area contributed by atoms with E-state index in [9.17, 15) is 4.79 Å². The van der Waals surface area contributed by atoms with Crippen LogP contribution in [0.25, 0.3) is 0 Å². The Kier molecular flexibility index (Phi) is 2.73. The van der Waals surface area contributed by atoms with Gasteiger partial charge in [-0.2, -0.15) is 0 Å². The fraction of sp³-hybridized carbons (Fsp3) is 0.417. The number of carboxylic acid groups (broad SMARTS) is 1. The lowest BCUT2D eigenvalue weighted by molar-refractivity contribution is -0.138. The molecule has 1 aliphatic rings. The molecule has 16 heavy (non-hydrogen) atoms. The summed E-state index contributed by atoms with van der Waals surface area (Å²) in [6, 6.07) is 5.36. The number of carbonyl (C=O) groups is 1. The maximum atomic E-state index is 11.1. The molecule has 0 saturated carbocycles. The van der Waals surface area contributed by atoms with Gasteiger partial charge in [0.1, 0.15) is 11.8 Å². The van der Waals surface area contributed by atoms with Crippen molar-refractivity contribution in [2.75, 3.05) is 19.1 Å². The Balaban J connectivity index is 2.45. The fourth-order valence-electron chi connectivity index (χ4n) is 2.27. The van der Waals surface area contributed by atoms with E-state index in [2.05, 4.69) is 0 Å². The molecule has 0 aliphatic carbocycles. The highest BCUT2D eigenvalue weighted by Crippen LogP contribution is 2.37. The number of methoxy groups -OCH3 is 1. The highest BCUT2D eigenvalue weighted by Gasteiger charge is 2.30. The van der Waals surface area contributed by atoms with E-state index in [4.69, 9.17) is 9.84 Å². The van der Waals surface area contributed by atoms with E-state index >= 15 is 0 Å². The van der Waals surface area contributed by atoms with Crippen molar-refractivity contribution in [1.29, 1.82) is 0 Å². The Morgan fingerprint density at radius 2 is 2.31 bits per heavy atom. The molecule has 0 amide bonds. The summed E-state index contributed by atoms with van der Waals surface area (Å²) >= 11 is 0. The smallest absolute Gasteiger partial charge is 0.326 e. The molecule has 0 fully saturated rings. The second-order valence-electron chi connectivity index (χ2n) is 3.97. The van der Waals surface area contributed by atoms with Gasteiger partial charge in [-0.1, -0.05) is 12.1 Å². The largest absolute Gasteiger partial charge is 0.495 e. The lowest BCUT2D eigenvalue weighted by Gasteiger charge is -2.34. The zero-order valence-electron chi connectivity index (χ0n) is 9.43. The molecule has 0 spiro atoms. The summed E-state index contributed by atoms with van der Waals surface area (Å²) in [6.45, 7) is 0. The van der Waals surface area contributed by atoms with Crippen LogP contribution in [0.15, 0.2) is 18.2 Å². The third kappa shape index (κ3) is 1.60. The third-order valence-electron chi connectivity index (χ3n) is 3.09. The highest BCUT2D eigenvalue weighted by atomic mass is 16.5. The van der Waals surface area contributed by atoms with Crippen LogP contribution in [0.3, 0.4) is 0 Å². The van der Waals surface area contributed by atoms with Crippen molar-refractivity contribution < 1.29 is 14.6 Å². The number of rotatable bonds is 2. The molecule has 1 atom stereocenters. The van der Waals surface area contributed by atoms with E-state index in [1.165, 1.54) is 0 Å². The van der Waals surface area contributed by atoms with Crippen LogP contribution >= 0.6 is 0 Å². The predicted octanol–water partition coefficient (Wildman–Crippen LogP) is 1.53. The third-order valence-corrected chi connectivity index (χ3v) is 3.09. The number of nitrogens with zero attached hydrogens (tertiary/aromatic N) is 1. The highest BCUT2D eigenvalue weighted by molar-refractivity contribution is 5.81. The average molecular weight is 221 g/mol. The number of hydrogen-bond donors (Lipinski definition) is 1. The molecule has 1 unspecified atom stereocenters. The number of carboxylic acids is 1. The van der Waals surface area contributed by atoms with Crippen molar-refractivity contribution in [3.05, 3.63) is 23.8 Å². The number of anilines is 1. The molecular formula is C12H15NO3. The van der Waals surface area contributed by atoms with E-state index in [1.54, 1.807) is 19.1 Å². The Morgan fingerprint density at radius 3 is 2.94 bits per heavy atom. The van der Waals surface area contributed by atoms with Gasteiger partial charge in [0.25, 0.3) is 0 Å². The molecule has 1 aromatic rings. The Morgan fingerprint density at radius 1 is 1.56 bits per heavy atom. The van der Waals surface area contributed by atoms with Crippen LogP contribution in [0.5, 0.6) is 5.75 Å². The summed E-state index contributed by atoms with van der Waals surface area (Å²) in [7, 11) is 3.41. The first kappa shape index (κ1) is 10.8. The van der Waals surface area contributed by atoms with Crippen LogP contribution in [-0.4, -0.2) is 31.3 Å². The topological polar surface area (TPSA) is 49.8 Å². The van der Waals surface area contributed by atoms with Crippen molar-refractivity contribution in [3.8, 4) is 5.75 Å². The number of para-hydroxylation sites is 1. The van der Waals surface area contributed by atoms with Gasteiger partial charge < -0.3 is 14.7 Å². The molecule has 0 bridgehead atoms. The van der Waals surface area contributed by atoms with Crippen molar-refractivity contribution in [2.24, 2.45) is 0 Å². The van der Waals surface area contributed by atoms with E-state index in [-0.39, 0.29) is 0 Å². The van der Waals surface area contributed by atoms with Crippen LogP contribution in [-0.2, 0) is 11.2 Å². The van der Waals surface area contributed by atoms with Crippen molar-refractivity contribution in [2.45, 2.75) is 18.9 Å². The molecule has 0 radical (unpaired) electrons. The summed E-state index contributed by atoms with van der Waals surface area (Å²) in [4.78, 5) is 12.9. The van der Waals surface area contributed by atoms with Gasteiger partial charge in [-0.25, -0.2) is 4.79 Å². The van der Waals surface area contributed by atoms with Crippen LogP contribution < -0.4 is 9.64 Å². The summed E-state index contributed by atoms with van der Waals surface area (Å²) in [5.41, 5.74) is 2.06. The summed E-state index contributed by atoms with van der Waals surface area (Å²) in [5, 5.41) is 9.12. The van der Waals surface area contributed by atoms with E-state index in [0.29, 0.717) is 6.42 Å². The lowest BCUT2D eigenvalue weighted by Crippen LogP contribution is -2.42. The molecule has 1 N–H and O–H groups in total. The lowest BCUT2D eigenvalue weighted by atomic mass is 9.96. The molecule has 0 aromatic heterocycles. The average Bonchev–Trinajstić information content (AvgIpc) is 2.28. The molecule has 86 valence electrons. The standard InChI is InChI=1S/C12H15NO3/c1-13-9(12(14)15)7-6-8-4-3-5-10(16-2)11(8)13/h3-5,9H,6-7H2,1-2H3,(H,14,15). The minimum absolute atomic E-state index is 0.455. The quantitative estimate of drug-likeness (QED) is 0.822. The first-order valence-corrected chi connectivity index (χ1v) is 5.26. The number of likely N-dealkylation sites (N-methyl/N-ethyl adjacent to an activating group) is 1. The zero-order valence-corrected chi connectivity index (χ0v) is 9.43. The van der Waals surface area contributed by atoms with Gasteiger partial charge in [0.15, 0.2) is 0 Å². The van der Waals surface area contributed by atoms with Gasteiger partial charge in [0.05, 0.1) is 12.8 Å². The van der Waals surface area contributed by atoms with Gasteiger partial charge in [-0.05, 0) is 24.5 Å². The Labute approximate surface area is 94.4 Å². The van der Waals surface area contributed by atoms with E-state index < -0.39 is 12.0 Å². The summed E-state index contributed by atoms with van der Waals surface area (Å²) < 4.78 is 5.28. The van der Waals surface area contributed by atoms with Crippen molar-refractivity contribution >= 4 is 11.7 Å². The van der Waals surface area contributed by atoms with Crippen LogP contribution in [0.4, 0.5) is 5.69 Å². The zero-order chi connectivity index (χ0) is 11.7. The molecule has 4 nitrogen and oxygen atoms in total. The minimum atomic E-state index is -0.779. The SMILES string of the molecule is COc1cccc2c1N(C)C(C(=O)O)CC2. The number of aliphatic carboxylic acids is 1. The minimum Gasteiger partial charge on any atom is -0.495 e. The predicted molar refractivity (Wildman–Crippen MR) is 61.1 cm³/mol. The number of hydrogen-bond acceptors (Lipinski definition) is 3. The van der Waals surface area contributed by atoms with Gasteiger partial charge in [-0.15, -0.1) is 0 Å². The first-order valence-electron chi connectivity index (χ1n) is 5.26. The van der Waals surface area contributed by atoms with Gasteiger partial charge in [-0.3, -0.25) is 0 Å². The number of ether oxygens (including phenoxy) is 1. The van der Waals surface area contributed by atoms with Crippen LogP contribution in [0.2, 0.25) is 0 Å². The summed E-state index contributed by atoms with van der Waals surface area (Å²) in [6.07, 6.45) is 1.43. The fourth-order valence-corrected chi connectivity index (χ4v) is 2.27. The first-order chi connectivity index (χ1) is 7.65. The van der Waals surface area contributed by atoms with E-state index in [1.807, 2.05) is 18.2 Å². The molecule has 0 saturated heterocycles. The molecule has 1 aromatic carbocycles. The molecule has 1 aliphatic heterocycles. The second-order valence-corrected chi connectivity index (χ2v) is 3.97. The maximum Gasteiger partial charge on any atom is 0.326 e. The van der Waals surface area contributed by atoms with Gasteiger partial charge >= 0.3 is 5.97 Å². The Bertz CT molecular complexity index is 402. The molecule has 4 heteroatoms. The number of aryl methyl sites for hydroxylation is 1. The molecular weight excluding hydrogens is 206 g/mol. The van der Waals surface area contributed by atoms with Crippen molar-refractivity contribution in [1.82, 2.24) is 0 Å². The van der Waals surface area contributed by atoms with Crippen LogP contribution in [0.1, 0.15) is 12.0 Å².